The molecule has 2 N–H and O–H groups in total. The summed E-state index contributed by atoms with van der Waals surface area (Å²) >= 11 is 0. The molecule has 18 heavy (non-hydrogen) atoms. The van der Waals surface area contributed by atoms with Crippen LogP contribution >= 0.6 is 0 Å². The summed E-state index contributed by atoms with van der Waals surface area (Å²) in [5, 5.41) is 11.7. The molecular weight excluding hydrogens is 242 g/mol. The van der Waals surface area contributed by atoms with E-state index in [-0.39, 0.29) is 24.9 Å². The molecule has 0 spiro atoms. The van der Waals surface area contributed by atoms with Crippen LogP contribution in [0.3, 0.4) is 0 Å². The number of carbonyl (C=O) groups is 1. The fourth-order valence-corrected chi connectivity index (χ4v) is 2.46. The predicted molar refractivity (Wildman–Crippen MR) is 64.9 cm³/mol. The van der Waals surface area contributed by atoms with Crippen LogP contribution in [0.15, 0.2) is 0 Å². The minimum atomic E-state index is -2.36. The number of halogens is 2. The second kappa shape index (κ2) is 6.99. The highest BCUT2D eigenvalue weighted by molar-refractivity contribution is 5.67. The monoisotopic (exact) mass is 264 g/mol. The van der Waals surface area contributed by atoms with Crippen LogP contribution in [0.25, 0.3) is 0 Å². The molecule has 1 heterocycles. The van der Waals surface area contributed by atoms with E-state index in [1.54, 1.807) is 0 Å². The molecular formula is C12H22F2N2O2. The summed E-state index contributed by atoms with van der Waals surface area (Å²) in [5.41, 5.74) is 0. The van der Waals surface area contributed by atoms with Gasteiger partial charge in [0.2, 0.25) is 0 Å². The second-order valence-electron chi connectivity index (χ2n) is 5.24. The van der Waals surface area contributed by atoms with Crippen molar-refractivity contribution < 1.29 is 18.7 Å². The lowest BCUT2D eigenvalue weighted by Crippen LogP contribution is -2.52. The number of rotatable bonds is 6. The number of nitrogens with zero attached hydrogens (tertiary/aromatic N) is 1. The lowest BCUT2D eigenvalue weighted by atomic mass is 9.90. The van der Waals surface area contributed by atoms with Gasteiger partial charge in [-0.2, -0.15) is 0 Å². The zero-order valence-electron chi connectivity index (χ0n) is 10.9. The number of likely N-dealkylation sites (tertiary alicyclic amines) is 1. The van der Waals surface area contributed by atoms with E-state index in [1.807, 2.05) is 13.8 Å². The van der Waals surface area contributed by atoms with Crippen molar-refractivity contribution in [1.29, 1.82) is 0 Å². The predicted octanol–water partition coefficient (Wildman–Crippen LogP) is 1.41. The maximum Gasteiger partial charge on any atom is 0.303 e. The van der Waals surface area contributed by atoms with Crippen LogP contribution in [0.4, 0.5) is 8.78 Å². The molecule has 1 saturated heterocycles. The van der Waals surface area contributed by atoms with Crippen LogP contribution in [-0.2, 0) is 4.79 Å². The molecule has 1 fully saturated rings. The molecule has 6 heteroatoms. The molecule has 106 valence electrons. The van der Waals surface area contributed by atoms with Gasteiger partial charge in [0.15, 0.2) is 0 Å². The van der Waals surface area contributed by atoms with Gasteiger partial charge >= 0.3 is 5.97 Å². The second-order valence-corrected chi connectivity index (χ2v) is 5.24. The minimum absolute atomic E-state index is 0.0359. The smallest absolute Gasteiger partial charge is 0.303 e. The maximum absolute atomic E-state index is 12.2. The number of piperidine rings is 1. The number of hydrogen-bond donors (Lipinski definition) is 2. The summed E-state index contributed by atoms with van der Waals surface area (Å²) in [5.74, 6) is -0.785. The number of nitrogens with one attached hydrogen (secondary N) is 1. The van der Waals surface area contributed by atoms with Crippen molar-refractivity contribution in [3.8, 4) is 0 Å². The molecule has 0 radical (unpaired) electrons. The van der Waals surface area contributed by atoms with E-state index in [0.29, 0.717) is 19.0 Å². The normalized spacial score (nSPS) is 25.9. The highest BCUT2D eigenvalue weighted by Gasteiger charge is 2.29. The Labute approximate surface area is 106 Å². The van der Waals surface area contributed by atoms with Crippen LogP contribution in [0.5, 0.6) is 0 Å². The van der Waals surface area contributed by atoms with Crippen LogP contribution in [0, 0.1) is 5.92 Å². The molecule has 1 rings (SSSR count). The number of hydrogen-bond acceptors (Lipinski definition) is 3. The number of aliphatic carboxylic acids is 1. The third-order valence-corrected chi connectivity index (χ3v) is 3.32. The fourth-order valence-electron chi connectivity index (χ4n) is 2.46. The minimum Gasteiger partial charge on any atom is -0.481 e. The maximum atomic E-state index is 12.2. The molecule has 1 aliphatic rings. The first-order valence-electron chi connectivity index (χ1n) is 6.35. The fraction of sp³-hybridized carbons (Fsp3) is 0.917. The highest BCUT2D eigenvalue weighted by atomic mass is 19.3. The van der Waals surface area contributed by atoms with Crippen LogP contribution < -0.4 is 5.32 Å². The van der Waals surface area contributed by atoms with Crippen molar-refractivity contribution in [3.05, 3.63) is 0 Å². The zero-order valence-corrected chi connectivity index (χ0v) is 10.9. The molecule has 0 amide bonds. The molecule has 0 aromatic carbocycles. The summed E-state index contributed by atoms with van der Waals surface area (Å²) in [6, 6.07) is 0.261. The SMILES string of the molecule is CC(C)N1CC(CC(=O)O)CC(NCC(F)F)C1. The van der Waals surface area contributed by atoms with Crippen molar-refractivity contribution in [3.63, 3.8) is 0 Å². The summed E-state index contributed by atoms with van der Waals surface area (Å²) in [7, 11) is 0. The molecule has 0 aromatic rings. The first-order chi connectivity index (χ1) is 8.38. The van der Waals surface area contributed by atoms with Gasteiger partial charge in [-0.05, 0) is 26.2 Å². The Morgan fingerprint density at radius 2 is 2.11 bits per heavy atom. The van der Waals surface area contributed by atoms with E-state index in [0.717, 1.165) is 6.54 Å². The average Bonchev–Trinajstić information content (AvgIpc) is 2.25. The van der Waals surface area contributed by atoms with Crippen LogP contribution in [-0.4, -0.2) is 54.1 Å². The summed E-state index contributed by atoms with van der Waals surface area (Å²) < 4.78 is 24.4. The average molecular weight is 264 g/mol. The standard InChI is InChI=1S/C12H22F2N2O2/c1-8(2)16-6-9(4-12(17)18)3-10(7-16)15-5-11(13)14/h8-11,15H,3-7H2,1-2H3,(H,17,18). The molecule has 2 unspecified atom stereocenters. The molecule has 2 atom stereocenters. The quantitative estimate of drug-likeness (QED) is 0.761. The topological polar surface area (TPSA) is 52.6 Å². The Morgan fingerprint density at radius 3 is 2.61 bits per heavy atom. The Morgan fingerprint density at radius 1 is 1.44 bits per heavy atom. The van der Waals surface area contributed by atoms with Crippen molar-refractivity contribution in [2.24, 2.45) is 5.92 Å². The van der Waals surface area contributed by atoms with E-state index < -0.39 is 12.4 Å². The molecule has 1 aliphatic heterocycles. The van der Waals surface area contributed by atoms with E-state index in [1.165, 1.54) is 0 Å². The van der Waals surface area contributed by atoms with Crippen molar-refractivity contribution in [1.82, 2.24) is 10.2 Å². The number of carboxylic acid groups (broad SMARTS) is 1. The van der Waals surface area contributed by atoms with Crippen LogP contribution in [0.1, 0.15) is 26.7 Å². The Bertz CT molecular complexity index is 275. The number of alkyl halides is 2. The largest absolute Gasteiger partial charge is 0.481 e. The molecule has 0 saturated carbocycles. The zero-order chi connectivity index (χ0) is 13.7. The highest BCUT2D eigenvalue weighted by Crippen LogP contribution is 2.21. The third kappa shape index (κ3) is 5.27. The summed E-state index contributed by atoms with van der Waals surface area (Å²) in [6.07, 6.45) is -1.60. The van der Waals surface area contributed by atoms with Crippen molar-refractivity contribution in [2.75, 3.05) is 19.6 Å². The van der Waals surface area contributed by atoms with Gasteiger partial charge < -0.3 is 10.4 Å². The lowest BCUT2D eigenvalue weighted by molar-refractivity contribution is -0.138. The van der Waals surface area contributed by atoms with Crippen molar-refractivity contribution in [2.45, 2.75) is 45.2 Å². The van der Waals surface area contributed by atoms with E-state index in [2.05, 4.69) is 10.2 Å². The van der Waals surface area contributed by atoms with E-state index in [9.17, 15) is 13.6 Å². The van der Waals surface area contributed by atoms with Crippen LogP contribution in [0.2, 0.25) is 0 Å². The van der Waals surface area contributed by atoms with Gasteiger partial charge in [-0.25, -0.2) is 8.78 Å². The first kappa shape index (κ1) is 15.3. The summed E-state index contributed by atoms with van der Waals surface area (Å²) in [4.78, 5) is 12.9. The lowest BCUT2D eigenvalue weighted by Gasteiger charge is -2.40. The Balaban J connectivity index is 2.53. The van der Waals surface area contributed by atoms with Gasteiger partial charge in [-0.1, -0.05) is 0 Å². The Kier molecular flexibility index (Phi) is 5.95. The van der Waals surface area contributed by atoms with E-state index >= 15 is 0 Å². The van der Waals surface area contributed by atoms with Gasteiger partial charge in [0, 0.05) is 31.6 Å². The summed E-state index contributed by atoms with van der Waals surface area (Å²) in [6.45, 7) is 5.19. The Hall–Kier alpha value is -0.750. The number of carboxylic acids is 1. The third-order valence-electron chi connectivity index (χ3n) is 3.32. The van der Waals surface area contributed by atoms with Crippen molar-refractivity contribution >= 4 is 5.97 Å². The van der Waals surface area contributed by atoms with E-state index in [4.69, 9.17) is 5.11 Å². The molecule has 0 aromatic heterocycles. The van der Waals surface area contributed by atoms with Gasteiger partial charge in [-0.15, -0.1) is 0 Å². The van der Waals surface area contributed by atoms with Gasteiger partial charge in [0.25, 0.3) is 6.43 Å². The molecule has 4 nitrogen and oxygen atoms in total. The molecule has 0 aliphatic carbocycles. The van der Waals surface area contributed by atoms with Gasteiger partial charge in [0.1, 0.15) is 0 Å². The van der Waals surface area contributed by atoms with Gasteiger partial charge in [-0.3, -0.25) is 9.69 Å². The molecule has 0 bridgehead atoms. The first-order valence-corrected chi connectivity index (χ1v) is 6.35. The van der Waals surface area contributed by atoms with Gasteiger partial charge in [0.05, 0.1) is 6.54 Å².